The van der Waals surface area contributed by atoms with Gasteiger partial charge in [-0.15, -0.1) is 13.0 Å². The molecule has 1 aliphatic carbocycles. The lowest BCUT2D eigenvalue weighted by Gasteiger charge is -2.12. The Hall–Kier alpha value is -10.8. The maximum Gasteiger partial charge on any atom is 0.200 e. The van der Waals surface area contributed by atoms with E-state index in [1.54, 1.807) is 24.3 Å². The Morgan fingerprint density at radius 3 is 1.16 bits per heavy atom. The van der Waals surface area contributed by atoms with Crippen LogP contribution >= 0.6 is 31.9 Å². The summed E-state index contributed by atoms with van der Waals surface area (Å²) in [7, 11) is 20.3. The Labute approximate surface area is 622 Å². The number of aliphatic hydroxyl groups excluding tert-OH is 2. The van der Waals surface area contributed by atoms with E-state index in [1.807, 2.05) is 118 Å². The summed E-state index contributed by atoms with van der Waals surface area (Å²) in [5, 5.41) is 22.0. The number of anilines is 5. The fourth-order valence-electron chi connectivity index (χ4n) is 10.5. The van der Waals surface area contributed by atoms with Crippen LogP contribution in [-0.4, -0.2) is 105 Å². The molecule has 102 heavy (non-hydrogen) atoms. The van der Waals surface area contributed by atoms with Gasteiger partial charge in [0.2, 0.25) is 5.78 Å². The molecule has 10 aromatic carbocycles. The summed E-state index contributed by atoms with van der Waals surface area (Å²) < 4.78 is 1.28. The summed E-state index contributed by atoms with van der Waals surface area (Å²) in [5.41, 5.74) is 16.9. The number of allylic oxidation sites excluding steroid dienone is 3. The first-order chi connectivity index (χ1) is 49.2. The smallest absolute Gasteiger partial charge is 0.200 e. The molecule has 0 fully saturated rings. The molecule has 0 spiro atoms. The molecule has 0 radical (unpaired) electrons. The number of Topliss-reactive ketones (excluding diaryl/α,β-unsaturated/α-hetero) is 1. The van der Waals surface area contributed by atoms with Gasteiger partial charge in [0, 0.05) is 184 Å². The zero-order chi connectivity index (χ0) is 73.5. The molecule has 10 aromatic rings. The van der Waals surface area contributed by atoms with Crippen molar-refractivity contribution in [2.75, 3.05) is 108 Å². The number of unbranched alkanes of at least 4 members (excludes halogenated alkanes) is 4. The number of hydrogen-bond donors (Lipinski definition) is 2. The van der Waals surface area contributed by atoms with Crippen LogP contribution in [0.3, 0.4) is 0 Å². The Balaban J connectivity index is 0.000000203. The Bertz CT molecular complexity index is 4830. The van der Waals surface area contributed by atoms with Crippen LogP contribution in [0.1, 0.15) is 115 Å². The number of rotatable bonds is 14. The summed E-state index contributed by atoms with van der Waals surface area (Å²) in [6.07, 6.45) is 15.1. The summed E-state index contributed by atoms with van der Waals surface area (Å²) in [6, 6.07) is 69.0. The maximum atomic E-state index is 11.5. The molecule has 0 aromatic heterocycles. The molecule has 11 heteroatoms. The van der Waals surface area contributed by atoms with Gasteiger partial charge in [-0.2, -0.15) is 0 Å². The minimum absolute atomic E-state index is 0.123. The SMILES string of the molecule is C#Cc1ccc(N(C)C)cc1.C=CCCCCO.CN(C)c1ccc(C#Cc2cc(Br)c(C#Cc3ccc(N(C)C)cc3)c3ccccc23)cc1.CN(C)c1ccc(C#Cc2cc(CCCCCO)c(C#Cc3ccc(N(C)C)cc3)c3ccccc23)cc1.O=C1C=C(Br)C(=O)c2ccccc21. The maximum absolute atomic E-state index is 11.5. The highest BCUT2D eigenvalue weighted by Crippen LogP contribution is 2.31. The van der Waals surface area contributed by atoms with Crippen LogP contribution in [0, 0.1) is 59.7 Å². The van der Waals surface area contributed by atoms with Crippen molar-refractivity contribution >= 4 is 93.4 Å². The lowest BCUT2D eigenvalue weighted by Crippen LogP contribution is -2.13. The molecule has 0 heterocycles. The highest BCUT2D eigenvalue weighted by molar-refractivity contribution is 9.12. The predicted octanol–water partition coefficient (Wildman–Crippen LogP) is 18.4. The van der Waals surface area contributed by atoms with E-state index in [9.17, 15) is 14.7 Å². The van der Waals surface area contributed by atoms with E-state index in [0.29, 0.717) is 22.2 Å². The molecule has 0 atom stereocenters. The fraction of sp³-hybridized carbons (Fsp3) is 0.209. The van der Waals surface area contributed by atoms with E-state index < -0.39 is 0 Å². The molecule has 0 aliphatic heterocycles. The van der Waals surface area contributed by atoms with Gasteiger partial charge in [0.15, 0.2) is 5.78 Å². The molecule has 0 saturated carbocycles. The Morgan fingerprint density at radius 2 is 0.755 bits per heavy atom. The molecular formula is C91H89Br2N5O4. The first-order valence-electron chi connectivity index (χ1n) is 33.8. The van der Waals surface area contributed by atoms with Crippen molar-refractivity contribution in [3.8, 4) is 59.7 Å². The fourth-order valence-corrected chi connectivity index (χ4v) is 11.5. The van der Waals surface area contributed by atoms with Crippen molar-refractivity contribution in [1.82, 2.24) is 0 Å². The molecular weight excluding hydrogens is 1390 g/mol. The summed E-state index contributed by atoms with van der Waals surface area (Å²) in [4.78, 5) is 33.3. The van der Waals surface area contributed by atoms with E-state index >= 15 is 0 Å². The number of aliphatic hydroxyl groups is 2. The van der Waals surface area contributed by atoms with Gasteiger partial charge in [-0.1, -0.05) is 139 Å². The normalized spacial score (nSPS) is 10.6. The molecule has 0 saturated heterocycles. The van der Waals surface area contributed by atoms with Crippen LogP contribution in [0.25, 0.3) is 21.5 Å². The summed E-state index contributed by atoms with van der Waals surface area (Å²) >= 11 is 6.80. The van der Waals surface area contributed by atoms with E-state index in [1.165, 1.54) is 17.3 Å². The highest BCUT2D eigenvalue weighted by atomic mass is 79.9. The Kier molecular flexibility index (Phi) is 31.2. The van der Waals surface area contributed by atoms with Gasteiger partial charge in [0.1, 0.15) is 0 Å². The quantitative estimate of drug-likeness (QED) is 0.0628. The second kappa shape index (κ2) is 40.5. The number of nitrogens with zero attached hydrogens (tertiary/aromatic N) is 5. The third-order valence-electron chi connectivity index (χ3n) is 16.4. The first kappa shape index (κ1) is 78.6. The van der Waals surface area contributed by atoms with Crippen molar-refractivity contribution in [3.63, 3.8) is 0 Å². The lowest BCUT2D eigenvalue weighted by molar-refractivity contribution is 0.0992. The van der Waals surface area contributed by atoms with E-state index in [4.69, 9.17) is 11.5 Å². The van der Waals surface area contributed by atoms with Gasteiger partial charge in [0.25, 0.3) is 0 Å². The summed E-state index contributed by atoms with van der Waals surface area (Å²) in [6.45, 7) is 4.10. The van der Waals surface area contributed by atoms with Crippen LogP contribution < -0.4 is 24.5 Å². The number of ketones is 2. The molecule has 0 amide bonds. The topological polar surface area (TPSA) is 90.8 Å². The van der Waals surface area contributed by atoms with Gasteiger partial charge >= 0.3 is 0 Å². The number of carbonyl (C=O) groups excluding carboxylic acids is 2. The van der Waals surface area contributed by atoms with Crippen molar-refractivity contribution in [2.45, 2.75) is 44.9 Å². The average Bonchev–Trinajstić information content (AvgIpc) is 0.796. The minimum Gasteiger partial charge on any atom is -0.396 e. The van der Waals surface area contributed by atoms with Crippen LogP contribution in [0.5, 0.6) is 0 Å². The molecule has 0 unspecified atom stereocenters. The van der Waals surface area contributed by atoms with E-state index in [0.717, 1.165) is 144 Å². The number of halogens is 2. The van der Waals surface area contributed by atoms with Gasteiger partial charge in [0.05, 0.1) is 4.48 Å². The van der Waals surface area contributed by atoms with Gasteiger partial charge in [-0.05, 0) is 231 Å². The van der Waals surface area contributed by atoms with Crippen molar-refractivity contribution in [2.24, 2.45) is 0 Å². The van der Waals surface area contributed by atoms with Gasteiger partial charge < -0.3 is 34.7 Å². The number of aryl methyl sites for hydroxylation is 1. The lowest BCUT2D eigenvalue weighted by atomic mass is 9.92. The van der Waals surface area contributed by atoms with Crippen LogP contribution in [0.2, 0.25) is 0 Å². The number of fused-ring (bicyclic) bond motifs is 3. The zero-order valence-corrected chi connectivity index (χ0v) is 63.3. The van der Waals surface area contributed by atoms with Crippen molar-refractivity contribution in [1.29, 1.82) is 0 Å². The Morgan fingerprint density at radius 1 is 0.402 bits per heavy atom. The van der Waals surface area contributed by atoms with Crippen LogP contribution in [0.15, 0.2) is 234 Å². The number of terminal acetylenes is 1. The zero-order valence-electron chi connectivity index (χ0n) is 60.1. The molecule has 516 valence electrons. The van der Waals surface area contributed by atoms with E-state index in [2.05, 4.69) is 257 Å². The van der Waals surface area contributed by atoms with Gasteiger partial charge in [-0.3, -0.25) is 9.59 Å². The van der Waals surface area contributed by atoms with Crippen molar-refractivity contribution < 1.29 is 19.8 Å². The minimum atomic E-state index is -0.129. The predicted molar refractivity (Wildman–Crippen MR) is 439 cm³/mol. The number of benzene rings is 10. The van der Waals surface area contributed by atoms with E-state index in [-0.39, 0.29) is 18.2 Å². The first-order valence-corrected chi connectivity index (χ1v) is 35.4. The van der Waals surface area contributed by atoms with Crippen molar-refractivity contribution in [3.05, 3.63) is 301 Å². The second-order valence-corrected chi connectivity index (χ2v) is 26.7. The molecule has 0 bridgehead atoms. The highest BCUT2D eigenvalue weighted by Gasteiger charge is 2.23. The largest absolute Gasteiger partial charge is 0.396 e. The van der Waals surface area contributed by atoms with Gasteiger partial charge in [-0.25, -0.2) is 0 Å². The van der Waals surface area contributed by atoms with Crippen LogP contribution in [-0.2, 0) is 6.42 Å². The standard InChI is InChI=1S/C35H36N2O.C30H25BrN2.C10H5BrO2.C10H11N.C6H12O/c1-36(2)31-20-14-27(15-21-31)13-19-30-26-29(10-6-5-9-25-38)34(35-12-8-7-11-33(30)35)24-18-28-16-22-32(23-17-28)37(3)4;1-32(2)25-16-10-22(11-17-25)9-15-24-21-30(31)29(28-8-6-5-7-27(24)28)20-14-23-12-18-26(19-13-23)33(3)4;11-8-5-9(12)6-3-1-2-4-7(6)10(8)13;1-4-9-5-7-10(8-6-9)11(2)3;1-2-3-4-5-6-7/h7-8,11-12,14-17,20-23,26,38H,5-6,9-10,25H2,1-4H3;5-8,10-13,16-19,21H,1-4H3;1-5H;1,5-8H,2-3H3;2,7H,1,3-6H2. The summed E-state index contributed by atoms with van der Waals surface area (Å²) in [5.74, 6) is 29.4. The molecule has 9 nitrogen and oxygen atoms in total. The monoisotopic (exact) mass is 1470 g/mol. The average molecular weight is 1480 g/mol. The number of carbonyl (C=O) groups is 2. The molecule has 2 N–H and O–H groups in total. The molecule has 11 rings (SSSR count). The second-order valence-electron chi connectivity index (χ2n) is 25.0. The molecule has 1 aliphatic rings. The number of hydrogen-bond acceptors (Lipinski definition) is 9. The third kappa shape index (κ3) is 23.4. The van der Waals surface area contributed by atoms with Crippen LogP contribution in [0.4, 0.5) is 28.4 Å². The third-order valence-corrected chi connectivity index (χ3v) is 17.6.